The van der Waals surface area contributed by atoms with Gasteiger partial charge in [0, 0.05) is 27.8 Å². The van der Waals surface area contributed by atoms with Crippen molar-refractivity contribution in [2.24, 2.45) is 0 Å². The molecular formula is C18H19BrN2O2. The Bertz CT molecular complexity index is 711. The van der Waals surface area contributed by atoms with Crippen molar-refractivity contribution in [3.8, 4) is 0 Å². The van der Waals surface area contributed by atoms with Gasteiger partial charge in [-0.15, -0.1) is 0 Å². The zero-order chi connectivity index (χ0) is 16.8. The third-order valence-electron chi connectivity index (χ3n) is 3.37. The van der Waals surface area contributed by atoms with E-state index in [1.54, 1.807) is 24.3 Å². The van der Waals surface area contributed by atoms with Gasteiger partial charge in [0.15, 0.2) is 0 Å². The van der Waals surface area contributed by atoms with Crippen LogP contribution in [0.3, 0.4) is 0 Å². The van der Waals surface area contributed by atoms with Gasteiger partial charge in [0.25, 0.3) is 11.8 Å². The lowest BCUT2D eigenvalue weighted by Gasteiger charge is -2.08. The number of hydrogen-bond acceptors (Lipinski definition) is 2. The van der Waals surface area contributed by atoms with Gasteiger partial charge in [-0.25, -0.2) is 0 Å². The first-order valence-electron chi connectivity index (χ1n) is 7.47. The van der Waals surface area contributed by atoms with E-state index in [9.17, 15) is 9.59 Å². The number of benzene rings is 2. The molecule has 0 fully saturated rings. The molecule has 0 spiro atoms. The largest absolute Gasteiger partial charge is 0.352 e. The summed E-state index contributed by atoms with van der Waals surface area (Å²) in [7, 11) is 0. The van der Waals surface area contributed by atoms with Crippen LogP contribution in [-0.2, 0) is 0 Å². The van der Waals surface area contributed by atoms with Crippen LogP contribution in [0.15, 0.2) is 46.9 Å². The van der Waals surface area contributed by atoms with Crippen LogP contribution in [0, 0.1) is 6.92 Å². The van der Waals surface area contributed by atoms with Crippen LogP contribution in [0.25, 0.3) is 0 Å². The summed E-state index contributed by atoms with van der Waals surface area (Å²) in [6.07, 6.45) is 0.887. The minimum absolute atomic E-state index is 0.124. The van der Waals surface area contributed by atoms with E-state index in [0.29, 0.717) is 17.7 Å². The van der Waals surface area contributed by atoms with E-state index in [-0.39, 0.29) is 11.8 Å². The smallest absolute Gasteiger partial charge is 0.255 e. The van der Waals surface area contributed by atoms with E-state index < -0.39 is 0 Å². The average Bonchev–Trinajstić information content (AvgIpc) is 2.56. The first-order chi connectivity index (χ1) is 11.0. The molecule has 0 radical (unpaired) electrons. The maximum Gasteiger partial charge on any atom is 0.255 e. The lowest BCUT2D eigenvalue weighted by atomic mass is 10.1. The Labute approximate surface area is 144 Å². The van der Waals surface area contributed by atoms with Crippen molar-refractivity contribution in [1.82, 2.24) is 5.32 Å². The molecule has 2 rings (SSSR count). The molecule has 4 nitrogen and oxygen atoms in total. The third-order valence-corrected chi connectivity index (χ3v) is 4.23. The summed E-state index contributed by atoms with van der Waals surface area (Å²) >= 11 is 3.44. The molecule has 2 N–H and O–H groups in total. The van der Waals surface area contributed by atoms with Gasteiger partial charge in [-0.2, -0.15) is 0 Å². The highest BCUT2D eigenvalue weighted by molar-refractivity contribution is 9.10. The number of rotatable bonds is 5. The molecule has 0 aliphatic heterocycles. The second-order valence-electron chi connectivity index (χ2n) is 5.25. The number of anilines is 1. The molecule has 2 amide bonds. The fourth-order valence-electron chi connectivity index (χ4n) is 1.99. The van der Waals surface area contributed by atoms with Crippen LogP contribution in [0.1, 0.15) is 39.6 Å². The first-order valence-corrected chi connectivity index (χ1v) is 8.26. The predicted octanol–water partition coefficient (Wildman–Crippen LogP) is 4.15. The van der Waals surface area contributed by atoms with E-state index in [2.05, 4.69) is 26.6 Å². The summed E-state index contributed by atoms with van der Waals surface area (Å²) in [6.45, 7) is 4.62. The van der Waals surface area contributed by atoms with Gasteiger partial charge in [-0.1, -0.05) is 28.9 Å². The number of amides is 2. The molecule has 0 unspecified atom stereocenters. The standard InChI is InChI=1S/C18H19BrN2O2/c1-3-10-20-17(22)13-5-7-14(8-6-13)18(23)21-15-9-4-12(2)16(19)11-15/h4-9,11H,3,10H2,1-2H3,(H,20,22)(H,21,23). The molecule has 2 aromatic rings. The maximum absolute atomic E-state index is 12.2. The molecule has 0 heterocycles. The van der Waals surface area contributed by atoms with Crippen molar-refractivity contribution < 1.29 is 9.59 Å². The molecule has 0 saturated heterocycles. The molecule has 23 heavy (non-hydrogen) atoms. The molecule has 0 saturated carbocycles. The third kappa shape index (κ3) is 4.66. The molecule has 5 heteroatoms. The average molecular weight is 375 g/mol. The van der Waals surface area contributed by atoms with Crippen LogP contribution in [0.5, 0.6) is 0 Å². The minimum Gasteiger partial charge on any atom is -0.352 e. The van der Waals surface area contributed by atoms with Gasteiger partial charge in [-0.3, -0.25) is 9.59 Å². The second-order valence-corrected chi connectivity index (χ2v) is 6.11. The molecular weight excluding hydrogens is 356 g/mol. The first kappa shape index (κ1) is 17.2. The fourth-order valence-corrected chi connectivity index (χ4v) is 2.37. The van der Waals surface area contributed by atoms with E-state index in [1.807, 2.05) is 32.0 Å². The Kier molecular flexibility index (Phi) is 5.93. The van der Waals surface area contributed by atoms with Crippen molar-refractivity contribution in [2.45, 2.75) is 20.3 Å². The van der Waals surface area contributed by atoms with Gasteiger partial charge in [0.05, 0.1) is 0 Å². The van der Waals surface area contributed by atoms with Gasteiger partial charge < -0.3 is 10.6 Å². The van der Waals surface area contributed by atoms with Crippen LogP contribution in [-0.4, -0.2) is 18.4 Å². The second kappa shape index (κ2) is 7.92. The predicted molar refractivity (Wildman–Crippen MR) is 95.9 cm³/mol. The highest BCUT2D eigenvalue weighted by Gasteiger charge is 2.09. The van der Waals surface area contributed by atoms with E-state index >= 15 is 0 Å². The van der Waals surface area contributed by atoms with Crippen LogP contribution in [0.4, 0.5) is 5.69 Å². The van der Waals surface area contributed by atoms with Crippen molar-refractivity contribution >= 4 is 33.4 Å². The number of halogens is 1. The fraction of sp³-hybridized carbons (Fsp3) is 0.222. The van der Waals surface area contributed by atoms with Crippen molar-refractivity contribution in [3.05, 3.63) is 63.6 Å². The van der Waals surface area contributed by atoms with Crippen LogP contribution < -0.4 is 10.6 Å². The van der Waals surface area contributed by atoms with Gasteiger partial charge in [0.2, 0.25) is 0 Å². The molecule has 0 aliphatic rings. The summed E-state index contributed by atoms with van der Waals surface area (Å²) in [5.74, 6) is -0.331. The highest BCUT2D eigenvalue weighted by atomic mass is 79.9. The summed E-state index contributed by atoms with van der Waals surface area (Å²) in [6, 6.07) is 12.3. The van der Waals surface area contributed by atoms with E-state index in [4.69, 9.17) is 0 Å². The molecule has 0 atom stereocenters. The molecule has 120 valence electrons. The lowest BCUT2D eigenvalue weighted by molar-refractivity contribution is 0.0951. The molecule has 0 aliphatic carbocycles. The normalized spacial score (nSPS) is 10.2. The minimum atomic E-state index is -0.207. The van der Waals surface area contributed by atoms with E-state index in [1.165, 1.54) is 0 Å². The number of carbonyl (C=O) groups excluding carboxylic acids is 2. The molecule has 2 aromatic carbocycles. The van der Waals surface area contributed by atoms with E-state index in [0.717, 1.165) is 22.1 Å². The van der Waals surface area contributed by atoms with Gasteiger partial charge in [-0.05, 0) is 55.3 Å². The number of hydrogen-bond donors (Lipinski definition) is 2. The molecule has 0 bridgehead atoms. The number of aryl methyl sites for hydroxylation is 1. The summed E-state index contributed by atoms with van der Waals surface area (Å²) in [5.41, 5.74) is 2.88. The highest BCUT2D eigenvalue weighted by Crippen LogP contribution is 2.21. The van der Waals surface area contributed by atoms with Crippen molar-refractivity contribution in [3.63, 3.8) is 0 Å². The van der Waals surface area contributed by atoms with Crippen LogP contribution in [0.2, 0.25) is 0 Å². The topological polar surface area (TPSA) is 58.2 Å². The quantitative estimate of drug-likeness (QED) is 0.825. The molecule has 0 aromatic heterocycles. The SMILES string of the molecule is CCCNC(=O)c1ccc(C(=O)Nc2ccc(C)c(Br)c2)cc1. The van der Waals surface area contributed by atoms with Gasteiger partial charge >= 0.3 is 0 Å². The Morgan fingerprint density at radius 3 is 2.17 bits per heavy atom. The number of carbonyl (C=O) groups is 2. The van der Waals surface area contributed by atoms with Crippen LogP contribution >= 0.6 is 15.9 Å². The Balaban J connectivity index is 2.05. The Morgan fingerprint density at radius 1 is 1.00 bits per heavy atom. The summed E-state index contributed by atoms with van der Waals surface area (Å²) in [5, 5.41) is 5.64. The lowest BCUT2D eigenvalue weighted by Crippen LogP contribution is -2.24. The zero-order valence-electron chi connectivity index (χ0n) is 13.2. The summed E-state index contributed by atoms with van der Waals surface area (Å²) in [4.78, 5) is 24.1. The van der Waals surface area contributed by atoms with Gasteiger partial charge in [0.1, 0.15) is 0 Å². The monoisotopic (exact) mass is 374 g/mol. The summed E-state index contributed by atoms with van der Waals surface area (Å²) < 4.78 is 0.943. The van der Waals surface area contributed by atoms with Crippen molar-refractivity contribution in [1.29, 1.82) is 0 Å². The maximum atomic E-state index is 12.2. The van der Waals surface area contributed by atoms with Crippen molar-refractivity contribution in [2.75, 3.05) is 11.9 Å². The zero-order valence-corrected chi connectivity index (χ0v) is 14.7. The number of nitrogens with one attached hydrogen (secondary N) is 2. The Morgan fingerprint density at radius 2 is 1.61 bits per heavy atom. The Hall–Kier alpha value is -2.14.